The van der Waals surface area contributed by atoms with Gasteiger partial charge in [0.1, 0.15) is 5.39 Å². The molecule has 0 bridgehead atoms. The van der Waals surface area contributed by atoms with Crippen molar-refractivity contribution in [2.24, 2.45) is 4.36 Å². The second kappa shape index (κ2) is 7.76. The third-order valence-corrected chi connectivity index (χ3v) is 4.88. The van der Waals surface area contributed by atoms with Gasteiger partial charge in [0.2, 0.25) is 5.82 Å². The predicted octanol–water partition coefficient (Wildman–Crippen LogP) is 2.25. The normalized spacial score (nSPS) is 11.6. The molecule has 0 spiro atoms. The van der Waals surface area contributed by atoms with Gasteiger partial charge >= 0.3 is 0 Å². The maximum atomic E-state index is 12.8. The molecule has 0 saturated heterocycles. The zero-order valence-corrected chi connectivity index (χ0v) is 17.6. The Balaban J connectivity index is 2.38. The quantitative estimate of drug-likeness (QED) is 0.342. The Morgan fingerprint density at radius 2 is 2.11 bits per heavy atom. The number of fused-ring (bicyclic) bond motifs is 1. The van der Waals surface area contributed by atoms with Crippen molar-refractivity contribution in [1.29, 1.82) is 0 Å². The van der Waals surface area contributed by atoms with Crippen molar-refractivity contribution >= 4 is 38.3 Å². The number of thioether (sulfide) groups is 1. The lowest BCUT2D eigenvalue weighted by molar-refractivity contribution is 0.414. The molecule has 11 heteroatoms. The molecule has 28 heavy (non-hydrogen) atoms. The fourth-order valence-corrected chi connectivity index (χ4v) is 3.49. The van der Waals surface area contributed by atoms with Gasteiger partial charge in [0.05, 0.1) is 13.7 Å². The van der Waals surface area contributed by atoms with E-state index in [-0.39, 0.29) is 17.9 Å². The van der Waals surface area contributed by atoms with Crippen molar-refractivity contribution in [2.45, 2.75) is 11.7 Å². The van der Waals surface area contributed by atoms with Crippen LogP contribution in [0.15, 0.2) is 45.3 Å². The number of nitrogens with zero attached hydrogens (tertiary/aromatic N) is 6. The average Bonchev–Trinajstić information content (AvgIpc) is 2.92. The number of hydrogen-bond donors (Lipinski definition) is 0. The van der Waals surface area contributed by atoms with Gasteiger partial charge < -0.3 is 4.74 Å². The Morgan fingerprint density at radius 3 is 2.71 bits per heavy atom. The van der Waals surface area contributed by atoms with Crippen LogP contribution >= 0.6 is 11.8 Å². The van der Waals surface area contributed by atoms with Crippen molar-refractivity contribution in [3.63, 3.8) is 0 Å². The minimum Gasteiger partial charge on any atom is -0.493 e. The Kier molecular flexibility index (Phi) is 5.57. The summed E-state index contributed by atoms with van der Waals surface area (Å²) in [5.41, 5.74) is 0.164. The van der Waals surface area contributed by atoms with Crippen LogP contribution in [0.4, 0.5) is 5.82 Å². The highest BCUT2D eigenvalue weighted by molar-refractivity contribution is 7.98. The highest BCUT2D eigenvalue weighted by atomic mass is 32.2. The molecule has 3 aromatic rings. The SMILES string of the molecule is C=CCn1c(=O)c2cnc(SC)nc2n1-c1ccc(OC)c(N=S(C)(C)=O)n1. The Labute approximate surface area is 166 Å². The fraction of sp³-hybridized carbons (Fsp3) is 0.294. The number of hydrogen-bond acceptors (Lipinski definition) is 8. The van der Waals surface area contributed by atoms with Gasteiger partial charge in [0.15, 0.2) is 22.4 Å². The first-order valence-electron chi connectivity index (χ1n) is 8.15. The smallest absolute Gasteiger partial charge is 0.278 e. The second-order valence-corrected chi connectivity index (χ2v) is 9.37. The van der Waals surface area contributed by atoms with Gasteiger partial charge in [0.25, 0.3) is 5.56 Å². The van der Waals surface area contributed by atoms with Crippen molar-refractivity contribution in [2.75, 3.05) is 25.9 Å². The molecule has 0 saturated carbocycles. The number of pyridine rings is 1. The lowest BCUT2D eigenvalue weighted by Crippen LogP contribution is -2.22. The van der Waals surface area contributed by atoms with Crippen LogP contribution in [-0.2, 0) is 16.3 Å². The molecule has 0 aromatic carbocycles. The highest BCUT2D eigenvalue weighted by Gasteiger charge is 2.19. The molecule has 0 radical (unpaired) electrons. The van der Waals surface area contributed by atoms with E-state index in [2.05, 4.69) is 25.9 Å². The van der Waals surface area contributed by atoms with Crippen LogP contribution in [0.1, 0.15) is 0 Å². The molecule has 0 unspecified atom stereocenters. The zero-order chi connectivity index (χ0) is 20.5. The molecule has 3 rings (SSSR count). The summed E-state index contributed by atoms with van der Waals surface area (Å²) in [6, 6.07) is 3.35. The first kappa shape index (κ1) is 20.1. The first-order chi connectivity index (χ1) is 13.3. The van der Waals surface area contributed by atoms with Crippen LogP contribution in [0.25, 0.3) is 16.9 Å². The van der Waals surface area contributed by atoms with E-state index in [0.29, 0.717) is 27.8 Å². The maximum Gasteiger partial charge on any atom is 0.278 e. The van der Waals surface area contributed by atoms with Gasteiger partial charge in [-0.05, 0) is 18.4 Å². The van der Waals surface area contributed by atoms with Crippen LogP contribution in [0.2, 0.25) is 0 Å². The van der Waals surface area contributed by atoms with E-state index in [9.17, 15) is 9.00 Å². The van der Waals surface area contributed by atoms with Gasteiger partial charge in [0, 0.05) is 28.4 Å². The molecule has 3 heterocycles. The van der Waals surface area contributed by atoms with E-state index < -0.39 is 9.73 Å². The number of allylic oxidation sites excluding steroid dienone is 1. The van der Waals surface area contributed by atoms with Crippen molar-refractivity contribution < 1.29 is 8.95 Å². The Hall–Kier alpha value is -2.66. The van der Waals surface area contributed by atoms with Crippen molar-refractivity contribution in [3.8, 4) is 11.6 Å². The summed E-state index contributed by atoms with van der Waals surface area (Å²) in [5.74, 6) is 0.963. The van der Waals surface area contributed by atoms with E-state index >= 15 is 0 Å². The number of aromatic nitrogens is 5. The summed E-state index contributed by atoms with van der Waals surface area (Å²) in [6.07, 6.45) is 7.99. The monoisotopic (exact) mass is 420 g/mol. The summed E-state index contributed by atoms with van der Waals surface area (Å²) in [6.45, 7) is 3.97. The van der Waals surface area contributed by atoms with Gasteiger partial charge in [-0.15, -0.1) is 6.58 Å². The summed E-state index contributed by atoms with van der Waals surface area (Å²) >= 11 is 1.37. The zero-order valence-electron chi connectivity index (χ0n) is 15.9. The van der Waals surface area contributed by atoms with Crippen LogP contribution in [0, 0.1) is 0 Å². The van der Waals surface area contributed by atoms with Crippen LogP contribution in [0.5, 0.6) is 5.75 Å². The number of rotatable bonds is 6. The summed E-state index contributed by atoms with van der Waals surface area (Å²) < 4.78 is 24.7. The molecular formula is C17H20N6O3S2. The summed E-state index contributed by atoms with van der Waals surface area (Å²) in [5, 5.41) is 0.895. The molecule has 0 aliphatic carbocycles. The van der Waals surface area contributed by atoms with Gasteiger partial charge in [-0.25, -0.2) is 28.5 Å². The molecule has 0 aliphatic heterocycles. The minimum absolute atomic E-state index is 0.189. The van der Waals surface area contributed by atoms with E-state index in [1.165, 1.54) is 42.3 Å². The van der Waals surface area contributed by atoms with E-state index in [1.54, 1.807) is 22.9 Å². The Morgan fingerprint density at radius 1 is 1.36 bits per heavy atom. The van der Waals surface area contributed by atoms with Crippen LogP contribution in [0.3, 0.4) is 0 Å². The standard InChI is InChI=1S/C17H20N6O3S2/c1-6-9-22-16(24)11-10-18-17(27-3)20-15(11)23(22)13-8-7-12(26-2)14(19-13)21-28(4,5)25/h6-8,10H,1,9H2,2-5H3. The highest BCUT2D eigenvalue weighted by Crippen LogP contribution is 2.28. The molecule has 0 aliphatic rings. The predicted molar refractivity (Wildman–Crippen MR) is 112 cm³/mol. The second-order valence-electron chi connectivity index (χ2n) is 6.05. The van der Waals surface area contributed by atoms with Crippen LogP contribution in [-0.4, -0.2) is 54.4 Å². The summed E-state index contributed by atoms with van der Waals surface area (Å²) in [7, 11) is -0.982. The first-order valence-corrected chi connectivity index (χ1v) is 11.7. The molecule has 0 fully saturated rings. The number of methoxy groups -OCH3 is 1. The van der Waals surface area contributed by atoms with Gasteiger partial charge in [-0.1, -0.05) is 17.8 Å². The molecule has 148 valence electrons. The topological polar surface area (TPSA) is 104 Å². The lowest BCUT2D eigenvalue weighted by atomic mass is 10.4. The van der Waals surface area contributed by atoms with Crippen molar-refractivity contribution in [3.05, 3.63) is 41.3 Å². The third kappa shape index (κ3) is 3.80. The molecule has 3 aromatic heterocycles. The fourth-order valence-electron chi connectivity index (χ4n) is 2.61. The van der Waals surface area contributed by atoms with Crippen LogP contribution < -0.4 is 10.3 Å². The third-order valence-electron chi connectivity index (χ3n) is 3.71. The molecule has 0 atom stereocenters. The van der Waals surface area contributed by atoms with Crippen molar-refractivity contribution in [1.82, 2.24) is 24.3 Å². The lowest BCUT2D eigenvalue weighted by Gasteiger charge is -2.12. The van der Waals surface area contributed by atoms with E-state index in [0.717, 1.165) is 0 Å². The molecule has 0 amide bonds. The molecule has 0 N–H and O–H groups in total. The van der Waals surface area contributed by atoms with Gasteiger partial charge in [-0.2, -0.15) is 4.36 Å². The van der Waals surface area contributed by atoms with E-state index in [1.807, 2.05) is 6.26 Å². The molecule has 9 nitrogen and oxygen atoms in total. The average molecular weight is 421 g/mol. The maximum absolute atomic E-state index is 12.8. The summed E-state index contributed by atoms with van der Waals surface area (Å²) in [4.78, 5) is 26.0. The van der Waals surface area contributed by atoms with E-state index in [4.69, 9.17) is 4.74 Å². The Bertz CT molecular complexity index is 1230. The molecular weight excluding hydrogens is 400 g/mol. The van der Waals surface area contributed by atoms with Gasteiger partial charge in [-0.3, -0.25) is 4.79 Å². The largest absolute Gasteiger partial charge is 0.493 e. The minimum atomic E-state index is -2.47. The number of ether oxygens (including phenoxy) is 1.